The van der Waals surface area contributed by atoms with Gasteiger partial charge in [-0.15, -0.1) is 11.3 Å². The summed E-state index contributed by atoms with van der Waals surface area (Å²) in [6.07, 6.45) is 0.823. The molecule has 29 heavy (non-hydrogen) atoms. The van der Waals surface area contributed by atoms with Crippen molar-refractivity contribution in [1.82, 2.24) is 14.6 Å². The Labute approximate surface area is 175 Å². The van der Waals surface area contributed by atoms with Gasteiger partial charge in [-0.1, -0.05) is 20.8 Å². The van der Waals surface area contributed by atoms with Crippen molar-refractivity contribution in [3.05, 3.63) is 45.9 Å². The summed E-state index contributed by atoms with van der Waals surface area (Å²) in [5.41, 5.74) is 0.930. The van der Waals surface area contributed by atoms with Crippen molar-refractivity contribution in [1.29, 1.82) is 0 Å². The number of nitrogens with zero attached hydrogens (tertiary/aromatic N) is 2. The summed E-state index contributed by atoms with van der Waals surface area (Å²) in [4.78, 5) is 28.4. The van der Waals surface area contributed by atoms with Gasteiger partial charge in [-0.2, -0.15) is 4.31 Å². The van der Waals surface area contributed by atoms with Crippen LogP contribution in [0.1, 0.15) is 41.8 Å². The van der Waals surface area contributed by atoms with Crippen LogP contribution in [0.2, 0.25) is 0 Å². The number of rotatable bonds is 10. The number of aromatic nitrogens is 1. The summed E-state index contributed by atoms with van der Waals surface area (Å²) in [7, 11) is -3.58. The van der Waals surface area contributed by atoms with E-state index in [2.05, 4.69) is 10.3 Å². The highest BCUT2D eigenvalue weighted by Gasteiger charge is 2.21. The minimum atomic E-state index is -3.58. The Morgan fingerprint density at radius 1 is 1.14 bits per heavy atom. The van der Waals surface area contributed by atoms with E-state index in [1.165, 1.54) is 39.9 Å². The maximum atomic E-state index is 12.5. The minimum Gasteiger partial charge on any atom is -0.458 e. The van der Waals surface area contributed by atoms with Gasteiger partial charge in [0.25, 0.3) is 5.91 Å². The van der Waals surface area contributed by atoms with Crippen LogP contribution in [0.5, 0.6) is 0 Å². The lowest BCUT2D eigenvalue weighted by Crippen LogP contribution is -2.31. The Balaban J connectivity index is 1.88. The fraction of sp³-hybridized carbons (Fsp3) is 0.421. The average Bonchev–Trinajstić information content (AvgIpc) is 3.19. The largest absolute Gasteiger partial charge is 0.458 e. The van der Waals surface area contributed by atoms with Gasteiger partial charge in [0.15, 0.2) is 0 Å². The molecule has 0 saturated carbocycles. The molecule has 8 nitrogen and oxygen atoms in total. The molecular formula is C19H25N3O5S2. The van der Waals surface area contributed by atoms with E-state index in [1.54, 1.807) is 13.8 Å². The molecule has 0 fully saturated rings. The van der Waals surface area contributed by atoms with Crippen LogP contribution in [0.3, 0.4) is 0 Å². The van der Waals surface area contributed by atoms with Crippen LogP contribution in [-0.2, 0) is 32.6 Å². The molecule has 1 N–H and O–H groups in total. The number of hydrogen-bond donors (Lipinski definition) is 1. The molecule has 2 rings (SSSR count). The molecule has 0 atom stereocenters. The normalized spacial score (nSPS) is 11.4. The van der Waals surface area contributed by atoms with Crippen LogP contribution in [0, 0.1) is 0 Å². The van der Waals surface area contributed by atoms with E-state index in [4.69, 9.17) is 4.74 Å². The van der Waals surface area contributed by atoms with E-state index in [0.717, 1.165) is 11.4 Å². The average molecular weight is 440 g/mol. The Morgan fingerprint density at radius 3 is 2.34 bits per heavy atom. The van der Waals surface area contributed by atoms with Crippen LogP contribution in [-0.4, -0.2) is 49.2 Å². The maximum absolute atomic E-state index is 12.5. The summed E-state index contributed by atoms with van der Waals surface area (Å²) in [5, 5.41) is 5.26. The molecule has 0 spiro atoms. The van der Waals surface area contributed by atoms with E-state index in [9.17, 15) is 18.0 Å². The zero-order valence-electron chi connectivity index (χ0n) is 16.7. The molecule has 10 heteroatoms. The number of ether oxygens (including phenoxy) is 1. The highest BCUT2D eigenvalue weighted by atomic mass is 32.2. The smallest absolute Gasteiger partial charge is 0.325 e. The van der Waals surface area contributed by atoms with Gasteiger partial charge in [-0.3, -0.25) is 9.59 Å². The van der Waals surface area contributed by atoms with Gasteiger partial charge in [0.05, 0.1) is 15.6 Å². The third-order valence-electron chi connectivity index (χ3n) is 4.14. The molecule has 0 aliphatic carbocycles. The van der Waals surface area contributed by atoms with E-state index >= 15 is 0 Å². The number of carbonyl (C=O) groups is 2. The Hall–Kier alpha value is -2.30. The van der Waals surface area contributed by atoms with Crippen LogP contribution in [0.25, 0.3) is 0 Å². The van der Waals surface area contributed by atoms with Gasteiger partial charge in [0.2, 0.25) is 10.0 Å². The molecule has 1 aromatic heterocycles. The standard InChI is InChI=1S/C19H25N3O5S2/c1-4-17-21-15(13-28-17)12-27-18(23)11-20-19(24)14-7-9-16(10-8-14)29(25,26)22(5-2)6-3/h7-10,13H,4-6,11-12H2,1-3H3,(H,20,24). The summed E-state index contributed by atoms with van der Waals surface area (Å²) in [6.45, 7) is 6.02. The number of carbonyl (C=O) groups excluding carboxylic acids is 2. The maximum Gasteiger partial charge on any atom is 0.325 e. The molecule has 0 aliphatic rings. The number of benzene rings is 1. The van der Waals surface area contributed by atoms with Crippen molar-refractivity contribution in [2.24, 2.45) is 0 Å². The predicted octanol–water partition coefficient (Wildman–Crippen LogP) is 2.21. The van der Waals surface area contributed by atoms with E-state index in [0.29, 0.717) is 18.8 Å². The minimum absolute atomic E-state index is 0.0586. The first-order chi connectivity index (χ1) is 13.8. The Bertz CT molecular complexity index is 935. The topological polar surface area (TPSA) is 106 Å². The highest BCUT2D eigenvalue weighted by Crippen LogP contribution is 2.16. The molecule has 0 aliphatic heterocycles. The van der Waals surface area contributed by atoms with E-state index in [1.807, 2.05) is 12.3 Å². The van der Waals surface area contributed by atoms with E-state index in [-0.39, 0.29) is 23.6 Å². The molecule has 2 aromatic rings. The van der Waals surface area contributed by atoms with Crippen molar-refractivity contribution in [2.45, 2.75) is 38.7 Å². The lowest BCUT2D eigenvalue weighted by Gasteiger charge is -2.18. The fourth-order valence-corrected chi connectivity index (χ4v) is 4.72. The highest BCUT2D eigenvalue weighted by molar-refractivity contribution is 7.89. The first-order valence-corrected chi connectivity index (χ1v) is 11.6. The summed E-state index contributed by atoms with van der Waals surface area (Å²) in [6, 6.07) is 5.60. The van der Waals surface area contributed by atoms with Crippen LogP contribution < -0.4 is 5.32 Å². The van der Waals surface area contributed by atoms with Gasteiger partial charge in [-0.25, -0.2) is 13.4 Å². The molecule has 0 saturated heterocycles. The number of aryl methyl sites for hydroxylation is 1. The quantitative estimate of drug-likeness (QED) is 0.569. The number of sulfonamides is 1. The monoisotopic (exact) mass is 439 g/mol. The molecule has 0 radical (unpaired) electrons. The lowest BCUT2D eigenvalue weighted by atomic mass is 10.2. The Morgan fingerprint density at radius 2 is 1.79 bits per heavy atom. The van der Waals surface area contributed by atoms with Crippen LogP contribution in [0.15, 0.2) is 34.5 Å². The third-order valence-corrected chi connectivity index (χ3v) is 7.24. The van der Waals surface area contributed by atoms with Gasteiger partial charge >= 0.3 is 5.97 Å². The summed E-state index contributed by atoms with van der Waals surface area (Å²) < 4.78 is 31.4. The summed E-state index contributed by atoms with van der Waals surface area (Å²) >= 11 is 1.51. The second kappa shape index (κ2) is 10.5. The zero-order valence-corrected chi connectivity index (χ0v) is 18.3. The van der Waals surface area contributed by atoms with Gasteiger partial charge in [-0.05, 0) is 30.7 Å². The van der Waals surface area contributed by atoms with Crippen molar-refractivity contribution in [3.8, 4) is 0 Å². The number of nitrogens with one attached hydrogen (secondary N) is 1. The second-order valence-electron chi connectivity index (χ2n) is 6.04. The molecule has 1 amide bonds. The number of thiazole rings is 1. The first kappa shape index (κ1) is 23.0. The third kappa shape index (κ3) is 6.09. The molecule has 1 heterocycles. The second-order valence-corrected chi connectivity index (χ2v) is 8.92. The van der Waals surface area contributed by atoms with E-state index < -0.39 is 21.9 Å². The van der Waals surface area contributed by atoms with Gasteiger partial charge < -0.3 is 10.1 Å². The number of esters is 1. The first-order valence-electron chi connectivity index (χ1n) is 9.29. The molecule has 0 bridgehead atoms. The Kier molecular flexibility index (Phi) is 8.30. The van der Waals surface area contributed by atoms with Gasteiger partial charge in [0, 0.05) is 24.0 Å². The molecular weight excluding hydrogens is 414 g/mol. The lowest BCUT2D eigenvalue weighted by molar-refractivity contribution is -0.143. The van der Waals surface area contributed by atoms with Crippen molar-refractivity contribution >= 4 is 33.2 Å². The van der Waals surface area contributed by atoms with Crippen LogP contribution in [0.4, 0.5) is 0 Å². The zero-order chi connectivity index (χ0) is 21.4. The molecule has 0 unspecified atom stereocenters. The van der Waals surface area contributed by atoms with Crippen molar-refractivity contribution in [3.63, 3.8) is 0 Å². The predicted molar refractivity (Wildman–Crippen MR) is 110 cm³/mol. The molecule has 1 aromatic carbocycles. The number of amides is 1. The molecule has 158 valence electrons. The van der Waals surface area contributed by atoms with Gasteiger partial charge in [0.1, 0.15) is 13.2 Å². The summed E-state index contributed by atoms with van der Waals surface area (Å²) in [5.74, 6) is -1.07. The van der Waals surface area contributed by atoms with Crippen molar-refractivity contribution < 1.29 is 22.7 Å². The number of hydrogen-bond acceptors (Lipinski definition) is 7. The fourth-order valence-electron chi connectivity index (χ4n) is 2.53. The SMILES string of the molecule is CCc1nc(COC(=O)CNC(=O)c2ccc(S(=O)(=O)N(CC)CC)cc2)cs1. The van der Waals surface area contributed by atoms with Crippen LogP contribution >= 0.6 is 11.3 Å². The van der Waals surface area contributed by atoms with Crippen molar-refractivity contribution in [2.75, 3.05) is 19.6 Å².